The highest BCUT2D eigenvalue weighted by molar-refractivity contribution is 7.99. The maximum Gasteiger partial charge on any atom is 0.229 e. The summed E-state index contributed by atoms with van der Waals surface area (Å²) in [6.07, 6.45) is 6.88. The van der Waals surface area contributed by atoms with Crippen LogP contribution < -0.4 is 5.32 Å². The van der Waals surface area contributed by atoms with Crippen molar-refractivity contribution >= 4 is 17.7 Å². The smallest absolute Gasteiger partial charge is 0.229 e. The monoisotopic (exact) mass is 217 g/mol. The van der Waals surface area contributed by atoms with Crippen molar-refractivity contribution in [3.8, 4) is 0 Å². The number of carbonyl (C=O) groups is 1. The highest BCUT2D eigenvalue weighted by Gasteiger charge is 2.07. The summed E-state index contributed by atoms with van der Waals surface area (Å²) >= 11 is 1.57. The topological polar surface area (TPSA) is 29.1 Å². The van der Waals surface area contributed by atoms with E-state index >= 15 is 0 Å². The lowest BCUT2D eigenvalue weighted by atomic mass is 9.99. The second-order valence-electron chi connectivity index (χ2n) is 3.65. The van der Waals surface area contributed by atoms with Crippen LogP contribution in [0.25, 0.3) is 0 Å². The molecule has 0 aliphatic carbocycles. The Balaban J connectivity index is 3.55. The number of unbranched alkanes of at least 4 members (excludes halogenated alkanes) is 1. The van der Waals surface area contributed by atoms with Crippen molar-refractivity contribution in [1.82, 2.24) is 5.32 Å². The molecule has 0 spiro atoms. The van der Waals surface area contributed by atoms with Crippen LogP contribution in [-0.4, -0.2) is 24.5 Å². The van der Waals surface area contributed by atoms with Crippen LogP contribution in [0.5, 0.6) is 0 Å². The standard InChI is InChI=1S/C11H23NOS/c1-4-6-7-10(5-2)8-12-11(13)9-14-3/h10H,4-9H2,1-3H3,(H,12,13). The Labute approximate surface area is 92.2 Å². The van der Waals surface area contributed by atoms with Crippen molar-refractivity contribution in [2.75, 3.05) is 18.6 Å². The molecule has 0 fully saturated rings. The molecule has 1 amide bonds. The average molecular weight is 217 g/mol. The Morgan fingerprint density at radius 1 is 1.43 bits per heavy atom. The van der Waals surface area contributed by atoms with Crippen LogP contribution in [0.2, 0.25) is 0 Å². The first-order chi connectivity index (χ1) is 6.74. The third-order valence-corrected chi connectivity index (χ3v) is 2.96. The molecule has 0 saturated heterocycles. The van der Waals surface area contributed by atoms with Crippen LogP contribution >= 0.6 is 11.8 Å². The summed E-state index contributed by atoms with van der Waals surface area (Å²) in [6, 6.07) is 0. The first-order valence-electron chi connectivity index (χ1n) is 5.50. The fourth-order valence-electron chi connectivity index (χ4n) is 1.38. The lowest BCUT2D eigenvalue weighted by molar-refractivity contribution is -0.118. The molecule has 1 N–H and O–H groups in total. The third-order valence-electron chi connectivity index (χ3n) is 2.41. The summed E-state index contributed by atoms with van der Waals surface area (Å²) in [5.74, 6) is 1.43. The zero-order chi connectivity index (χ0) is 10.8. The highest BCUT2D eigenvalue weighted by atomic mass is 32.2. The number of amides is 1. The molecule has 2 nitrogen and oxygen atoms in total. The van der Waals surface area contributed by atoms with Crippen molar-refractivity contribution in [2.45, 2.75) is 39.5 Å². The lowest BCUT2D eigenvalue weighted by Gasteiger charge is -2.14. The van der Waals surface area contributed by atoms with Gasteiger partial charge < -0.3 is 5.32 Å². The first-order valence-corrected chi connectivity index (χ1v) is 6.89. The maximum atomic E-state index is 11.2. The average Bonchev–Trinajstić information content (AvgIpc) is 2.19. The van der Waals surface area contributed by atoms with Crippen molar-refractivity contribution in [3.63, 3.8) is 0 Å². The Morgan fingerprint density at radius 3 is 2.64 bits per heavy atom. The van der Waals surface area contributed by atoms with Crippen LogP contribution in [0.3, 0.4) is 0 Å². The van der Waals surface area contributed by atoms with Gasteiger partial charge >= 0.3 is 0 Å². The fourth-order valence-corrected chi connectivity index (χ4v) is 1.75. The predicted octanol–water partition coefficient (Wildman–Crippen LogP) is 2.68. The second kappa shape index (κ2) is 9.38. The van der Waals surface area contributed by atoms with Gasteiger partial charge in [-0.05, 0) is 18.6 Å². The van der Waals surface area contributed by atoms with Crippen LogP contribution in [0.15, 0.2) is 0 Å². The van der Waals surface area contributed by atoms with Gasteiger partial charge in [-0.2, -0.15) is 11.8 Å². The van der Waals surface area contributed by atoms with Crippen LogP contribution in [0.1, 0.15) is 39.5 Å². The molecule has 0 aliphatic heterocycles. The molecule has 0 radical (unpaired) electrons. The Morgan fingerprint density at radius 2 is 2.14 bits per heavy atom. The van der Waals surface area contributed by atoms with Gasteiger partial charge in [0.1, 0.15) is 0 Å². The van der Waals surface area contributed by atoms with E-state index in [0.29, 0.717) is 11.7 Å². The van der Waals surface area contributed by atoms with Gasteiger partial charge in [0.25, 0.3) is 0 Å². The maximum absolute atomic E-state index is 11.2. The molecule has 0 aromatic heterocycles. The van der Waals surface area contributed by atoms with Gasteiger partial charge in [0.05, 0.1) is 5.75 Å². The molecule has 0 rings (SSSR count). The van der Waals surface area contributed by atoms with E-state index in [0.717, 1.165) is 6.54 Å². The van der Waals surface area contributed by atoms with Crippen LogP contribution in [-0.2, 0) is 4.79 Å². The zero-order valence-corrected chi connectivity index (χ0v) is 10.5. The minimum Gasteiger partial charge on any atom is -0.355 e. The summed E-state index contributed by atoms with van der Waals surface area (Å²) in [5, 5.41) is 2.98. The Bertz CT molecular complexity index is 150. The molecule has 0 aromatic carbocycles. The molecule has 1 atom stereocenters. The zero-order valence-electron chi connectivity index (χ0n) is 9.64. The summed E-state index contributed by atoms with van der Waals surface area (Å²) in [7, 11) is 0. The largest absolute Gasteiger partial charge is 0.355 e. The summed E-state index contributed by atoms with van der Waals surface area (Å²) in [4.78, 5) is 11.2. The minimum absolute atomic E-state index is 0.174. The van der Waals surface area contributed by atoms with E-state index in [1.165, 1.54) is 25.7 Å². The summed E-state index contributed by atoms with van der Waals surface area (Å²) in [6.45, 7) is 5.26. The van der Waals surface area contributed by atoms with Crippen molar-refractivity contribution in [3.05, 3.63) is 0 Å². The Kier molecular flexibility index (Phi) is 9.26. The quantitative estimate of drug-likeness (QED) is 0.677. The fraction of sp³-hybridized carbons (Fsp3) is 0.909. The van der Waals surface area contributed by atoms with Crippen LogP contribution in [0.4, 0.5) is 0 Å². The molecule has 0 heterocycles. The summed E-state index contributed by atoms with van der Waals surface area (Å²) in [5.41, 5.74) is 0. The second-order valence-corrected chi connectivity index (χ2v) is 4.52. The van der Waals surface area contributed by atoms with Crippen molar-refractivity contribution < 1.29 is 4.79 Å². The number of hydrogen-bond acceptors (Lipinski definition) is 2. The van der Waals surface area contributed by atoms with Gasteiger partial charge in [0.2, 0.25) is 5.91 Å². The molecular formula is C11H23NOS. The van der Waals surface area contributed by atoms with E-state index < -0.39 is 0 Å². The molecular weight excluding hydrogens is 194 g/mol. The van der Waals surface area contributed by atoms with Crippen molar-refractivity contribution in [1.29, 1.82) is 0 Å². The molecule has 14 heavy (non-hydrogen) atoms. The van der Waals surface area contributed by atoms with Gasteiger partial charge in [0, 0.05) is 6.54 Å². The predicted molar refractivity (Wildman–Crippen MR) is 64.7 cm³/mol. The van der Waals surface area contributed by atoms with E-state index in [1.807, 2.05) is 6.26 Å². The van der Waals surface area contributed by atoms with Gasteiger partial charge in [0.15, 0.2) is 0 Å². The number of rotatable bonds is 8. The molecule has 0 aromatic rings. The van der Waals surface area contributed by atoms with E-state index in [-0.39, 0.29) is 5.91 Å². The number of nitrogens with one attached hydrogen (secondary N) is 1. The summed E-state index contributed by atoms with van der Waals surface area (Å²) < 4.78 is 0. The lowest BCUT2D eigenvalue weighted by Crippen LogP contribution is -2.30. The SMILES string of the molecule is CCCCC(CC)CNC(=O)CSC. The first kappa shape index (κ1) is 13.8. The molecule has 0 bridgehead atoms. The van der Waals surface area contributed by atoms with Crippen LogP contribution in [0, 0.1) is 5.92 Å². The molecule has 3 heteroatoms. The van der Waals surface area contributed by atoms with Crippen molar-refractivity contribution in [2.24, 2.45) is 5.92 Å². The molecule has 0 aliphatic rings. The van der Waals surface area contributed by atoms with E-state index in [4.69, 9.17) is 0 Å². The highest BCUT2D eigenvalue weighted by Crippen LogP contribution is 2.11. The Hall–Kier alpha value is -0.180. The van der Waals surface area contributed by atoms with E-state index in [1.54, 1.807) is 11.8 Å². The van der Waals surface area contributed by atoms with Gasteiger partial charge in [-0.25, -0.2) is 0 Å². The number of hydrogen-bond donors (Lipinski definition) is 1. The molecule has 84 valence electrons. The van der Waals surface area contributed by atoms with Gasteiger partial charge in [-0.15, -0.1) is 0 Å². The third kappa shape index (κ3) is 7.25. The van der Waals surface area contributed by atoms with Gasteiger partial charge in [-0.1, -0.05) is 33.1 Å². The number of thioether (sulfide) groups is 1. The van der Waals surface area contributed by atoms with E-state index in [2.05, 4.69) is 19.2 Å². The minimum atomic E-state index is 0.174. The van der Waals surface area contributed by atoms with E-state index in [9.17, 15) is 4.79 Å². The molecule has 0 saturated carbocycles. The normalized spacial score (nSPS) is 12.5. The number of carbonyl (C=O) groups excluding carboxylic acids is 1. The van der Waals surface area contributed by atoms with Gasteiger partial charge in [-0.3, -0.25) is 4.79 Å². The molecule has 1 unspecified atom stereocenters.